The predicted molar refractivity (Wildman–Crippen MR) is 78.0 cm³/mol. The minimum Gasteiger partial charge on any atom is -0.478 e. The molecule has 3 N–H and O–H groups in total. The second-order valence-electron chi connectivity index (χ2n) is 4.61. The van der Waals surface area contributed by atoms with Gasteiger partial charge in [0.05, 0.1) is 5.56 Å². The first-order valence-electron chi connectivity index (χ1n) is 6.40. The molecular weight excluding hydrogens is 270 g/mol. The van der Waals surface area contributed by atoms with Crippen LogP contribution in [0, 0.1) is 0 Å². The van der Waals surface area contributed by atoms with E-state index in [0.29, 0.717) is 5.56 Å². The molecule has 2 aromatic rings. The molecule has 0 heterocycles. The van der Waals surface area contributed by atoms with Crippen molar-refractivity contribution in [1.29, 1.82) is 0 Å². The Kier molecular flexibility index (Phi) is 4.35. The van der Waals surface area contributed by atoms with Crippen LogP contribution in [0.3, 0.4) is 0 Å². The smallest absolute Gasteiger partial charge is 0.335 e. The second-order valence-corrected chi connectivity index (χ2v) is 4.61. The predicted octanol–water partition coefficient (Wildman–Crippen LogP) is 2.12. The first-order valence-corrected chi connectivity index (χ1v) is 6.40. The van der Waals surface area contributed by atoms with E-state index in [-0.39, 0.29) is 11.5 Å². The lowest BCUT2D eigenvalue weighted by Crippen LogP contribution is -2.31. The maximum absolute atomic E-state index is 11.7. The summed E-state index contributed by atoms with van der Waals surface area (Å²) < 4.78 is 0. The molecule has 108 valence electrons. The lowest BCUT2D eigenvalue weighted by atomic mass is 10.0. The van der Waals surface area contributed by atoms with E-state index in [1.807, 2.05) is 0 Å². The van der Waals surface area contributed by atoms with Gasteiger partial charge in [0.1, 0.15) is 6.23 Å². The summed E-state index contributed by atoms with van der Waals surface area (Å²) in [4.78, 5) is 22.7. The van der Waals surface area contributed by atoms with Crippen LogP contribution >= 0.6 is 0 Å². The molecule has 0 saturated carbocycles. The van der Waals surface area contributed by atoms with Crippen LogP contribution in [0.2, 0.25) is 0 Å². The van der Waals surface area contributed by atoms with Crippen molar-refractivity contribution in [3.63, 3.8) is 0 Å². The van der Waals surface area contributed by atoms with E-state index in [0.717, 1.165) is 11.1 Å². The van der Waals surface area contributed by atoms with Crippen molar-refractivity contribution >= 4 is 11.9 Å². The Bertz CT molecular complexity index is 662. The van der Waals surface area contributed by atoms with Gasteiger partial charge in [0.25, 0.3) is 5.91 Å². The molecule has 5 nitrogen and oxygen atoms in total. The van der Waals surface area contributed by atoms with Crippen molar-refractivity contribution < 1.29 is 19.8 Å². The number of aliphatic hydroxyl groups excluding tert-OH is 1. The van der Waals surface area contributed by atoms with Crippen LogP contribution in [0.15, 0.2) is 48.5 Å². The number of amides is 1. The zero-order valence-electron chi connectivity index (χ0n) is 11.4. The normalized spacial score (nSPS) is 11.7. The van der Waals surface area contributed by atoms with Gasteiger partial charge in [0, 0.05) is 5.56 Å². The molecule has 0 aliphatic heterocycles. The maximum Gasteiger partial charge on any atom is 0.335 e. The van der Waals surface area contributed by atoms with E-state index >= 15 is 0 Å². The number of aromatic carboxylic acids is 1. The van der Waals surface area contributed by atoms with Crippen molar-refractivity contribution in [1.82, 2.24) is 5.32 Å². The van der Waals surface area contributed by atoms with Gasteiger partial charge in [-0.3, -0.25) is 4.79 Å². The number of benzene rings is 2. The van der Waals surface area contributed by atoms with E-state index in [9.17, 15) is 9.59 Å². The van der Waals surface area contributed by atoms with Crippen LogP contribution in [0.5, 0.6) is 0 Å². The Morgan fingerprint density at radius 1 is 1.00 bits per heavy atom. The first kappa shape index (κ1) is 14.7. The Labute approximate surface area is 121 Å². The highest BCUT2D eigenvalue weighted by molar-refractivity contribution is 5.95. The third-order valence-corrected chi connectivity index (χ3v) is 2.93. The summed E-state index contributed by atoms with van der Waals surface area (Å²) in [7, 11) is 0. The third kappa shape index (κ3) is 3.67. The van der Waals surface area contributed by atoms with Crippen LogP contribution in [0.4, 0.5) is 0 Å². The van der Waals surface area contributed by atoms with Gasteiger partial charge >= 0.3 is 5.97 Å². The molecule has 0 bridgehead atoms. The number of carbonyl (C=O) groups is 2. The van der Waals surface area contributed by atoms with E-state index in [4.69, 9.17) is 10.2 Å². The highest BCUT2D eigenvalue weighted by Gasteiger charge is 2.08. The average molecular weight is 285 g/mol. The highest BCUT2D eigenvalue weighted by Crippen LogP contribution is 2.21. The number of carboxylic acid groups (broad SMARTS) is 1. The quantitative estimate of drug-likeness (QED) is 0.751. The Hall–Kier alpha value is -2.66. The molecule has 0 aliphatic carbocycles. The summed E-state index contributed by atoms with van der Waals surface area (Å²) in [5.41, 5.74) is 2.21. The van der Waals surface area contributed by atoms with Gasteiger partial charge in [-0.05, 0) is 42.3 Å². The molecular formula is C16H15NO4. The van der Waals surface area contributed by atoms with Gasteiger partial charge in [-0.2, -0.15) is 0 Å². The van der Waals surface area contributed by atoms with Crippen LogP contribution in [-0.2, 0) is 0 Å². The largest absolute Gasteiger partial charge is 0.478 e. The molecule has 0 radical (unpaired) electrons. The van der Waals surface area contributed by atoms with E-state index in [1.165, 1.54) is 13.0 Å². The summed E-state index contributed by atoms with van der Waals surface area (Å²) in [6, 6.07) is 13.3. The molecule has 0 aromatic heterocycles. The number of carbonyl (C=O) groups excluding carboxylic acids is 1. The Morgan fingerprint density at radius 2 is 1.67 bits per heavy atom. The number of rotatable bonds is 4. The van der Waals surface area contributed by atoms with Crippen LogP contribution in [-0.4, -0.2) is 28.3 Å². The molecule has 1 amide bonds. The highest BCUT2D eigenvalue weighted by atomic mass is 16.4. The lowest BCUT2D eigenvalue weighted by Gasteiger charge is -2.08. The van der Waals surface area contributed by atoms with Crippen molar-refractivity contribution in [2.24, 2.45) is 0 Å². The SMILES string of the molecule is CC(O)NC(=O)c1ccc(-c2cccc(C(=O)O)c2)cc1. The molecule has 0 aliphatic rings. The fraction of sp³-hybridized carbons (Fsp3) is 0.125. The molecule has 0 fully saturated rings. The molecule has 21 heavy (non-hydrogen) atoms. The number of aliphatic hydroxyl groups is 1. The standard InChI is InChI=1S/C16H15NO4/c1-10(18)17-15(19)12-7-5-11(6-8-12)13-3-2-4-14(9-13)16(20)21/h2-10,18H,1H3,(H,17,19)(H,20,21). The molecule has 2 aromatic carbocycles. The summed E-state index contributed by atoms with van der Waals surface area (Å²) in [5, 5.41) is 20.5. The van der Waals surface area contributed by atoms with Crippen LogP contribution in [0.25, 0.3) is 11.1 Å². The monoisotopic (exact) mass is 285 g/mol. The van der Waals surface area contributed by atoms with Crippen molar-refractivity contribution in [2.45, 2.75) is 13.2 Å². The minimum atomic E-state index is -0.982. The van der Waals surface area contributed by atoms with E-state index in [2.05, 4.69) is 5.32 Å². The number of hydrogen-bond donors (Lipinski definition) is 3. The molecule has 5 heteroatoms. The Morgan fingerprint density at radius 3 is 2.24 bits per heavy atom. The van der Waals surface area contributed by atoms with E-state index < -0.39 is 12.2 Å². The van der Waals surface area contributed by atoms with E-state index in [1.54, 1.807) is 42.5 Å². The molecule has 0 saturated heterocycles. The average Bonchev–Trinajstić information content (AvgIpc) is 2.47. The first-order chi connectivity index (χ1) is 9.97. The summed E-state index contributed by atoms with van der Waals surface area (Å²) in [5.74, 6) is -1.35. The summed E-state index contributed by atoms with van der Waals surface area (Å²) >= 11 is 0. The fourth-order valence-electron chi connectivity index (χ4n) is 1.92. The molecule has 1 atom stereocenters. The minimum absolute atomic E-state index is 0.212. The number of hydrogen-bond acceptors (Lipinski definition) is 3. The zero-order chi connectivity index (χ0) is 15.4. The van der Waals surface area contributed by atoms with Crippen molar-refractivity contribution in [3.8, 4) is 11.1 Å². The van der Waals surface area contributed by atoms with Gasteiger partial charge < -0.3 is 15.5 Å². The zero-order valence-corrected chi connectivity index (χ0v) is 11.4. The molecule has 0 spiro atoms. The van der Waals surface area contributed by atoms with Crippen molar-refractivity contribution in [2.75, 3.05) is 0 Å². The van der Waals surface area contributed by atoms with Crippen LogP contribution < -0.4 is 5.32 Å². The summed E-state index contributed by atoms with van der Waals surface area (Å²) in [6.45, 7) is 1.46. The Balaban J connectivity index is 2.25. The van der Waals surface area contributed by atoms with Gasteiger partial charge in [-0.1, -0.05) is 24.3 Å². The van der Waals surface area contributed by atoms with Gasteiger partial charge in [0.2, 0.25) is 0 Å². The molecule has 2 rings (SSSR count). The maximum atomic E-state index is 11.7. The summed E-state index contributed by atoms with van der Waals surface area (Å²) in [6.07, 6.45) is -0.913. The van der Waals surface area contributed by atoms with Gasteiger partial charge in [0.15, 0.2) is 0 Å². The number of carboxylic acids is 1. The molecule has 1 unspecified atom stereocenters. The third-order valence-electron chi connectivity index (χ3n) is 2.93. The van der Waals surface area contributed by atoms with Crippen LogP contribution in [0.1, 0.15) is 27.6 Å². The second kappa shape index (κ2) is 6.19. The van der Waals surface area contributed by atoms with Gasteiger partial charge in [-0.25, -0.2) is 4.79 Å². The van der Waals surface area contributed by atoms with Crippen molar-refractivity contribution in [3.05, 3.63) is 59.7 Å². The lowest BCUT2D eigenvalue weighted by molar-refractivity contribution is 0.0696. The topological polar surface area (TPSA) is 86.6 Å². The van der Waals surface area contributed by atoms with Gasteiger partial charge in [-0.15, -0.1) is 0 Å². The number of nitrogens with one attached hydrogen (secondary N) is 1. The fourth-order valence-corrected chi connectivity index (χ4v) is 1.92.